The standard InChI is InChI=1S/C11H24N2O3S/c1-10(2)9-13(6-7-16-3)17(14,15)11-4-5-12-8-11/h10-12H,4-9H2,1-3H3. The van der Waals surface area contributed by atoms with Crippen LogP contribution in [0.3, 0.4) is 0 Å². The fourth-order valence-corrected chi connectivity index (χ4v) is 4.02. The molecular weight excluding hydrogens is 240 g/mol. The van der Waals surface area contributed by atoms with Crippen LogP contribution in [-0.4, -0.2) is 57.9 Å². The van der Waals surface area contributed by atoms with Gasteiger partial charge in [0.05, 0.1) is 11.9 Å². The van der Waals surface area contributed by atoms with E-state index in [1.165, 1.54) is 0 Å². The first kappa shape index (κ1) is 14.9. The van der Waals surface area contributed by atoms with Crippen molar-refractivity contribution in [3.05, 3.63) is 0 Å². The Bertz CT molecular complexity index is 311. The quantitative estimate of drug-likeness (QED) is 0.718. The number of hydrogen-bond donors (Lipinski definition) is 1. The Balaban J connectivity index is 2.71. The van der Waals surface area contributed by atoms with Crippen LogP contribution in [0.5, 0.6) is 0 Å². The third-order valence-electron chi connectivity index (χ3n) is 2.91. The van der Waals surface area contributed by atoms with Crippen molar-refractivity contribution in [3.63, 3.8) is 0 Å². The predicted octanol–water partition coefficient (Wildman–Crippen LogP) is 0.283. The van der Waals surface area contributed by atoms with E-state index in [4.69, 9.17) is 4.74 Å². The maximum atomic E-state index is 12.4. The average Bonchev–Trinajstić information content (AvgIpc) is 2.77. The van der Waals surface area contributed by atoms with E-state index < -0.39 is 10.0 Å². The van der Waals surface area contributed by atoms with Crippen LogP contribution in [-0.2, 0) is 14.8 Å². The summed E-state index contributed by atoms with van der Waals surface area (Å²) in [6, 6.07) is 0. The molecule has 1 aliphatic rings. The lowest BCUT2D eigenvalue weighted by molar-refractivity contribution is 0.175. The van der Waals surface area contributed by atoms with Gasteiger partial charge in [-0.05, 0) is 18.9 Å². The zero-order valence-electron chi connectivity index (χ0n) is 11.0. The summed E-state index contributed by atoms with van der Waals surface area (Å²) in [5.41, 5.74) is 0. The van der Waals surface area contributed by atoms with Crippen LogP contribution in [0.25, 0.3) is 0 Å². The van der Waals surface area contributed by atoms with Crippen LogP contribution in [0.1, 0.15) is 20.3 Å². The molecule has 0 aliphatic carbocycles. The Morgan fingerprint density at radius 2 is 2.18 bits per heavy atom. The average molecular weight is 264 g/mol. The van der Waals surface area contributed by atoms with Crippen molar-refractivity contribution in [2.24, 2.45) is 5.92 Å². The lowest BCUT2D eigenvalue weighted by atomic mass is 10.2. The molecule has 0 saturated carbocycles. The van der Waals surface area contributed by atoms with Crippen LogP contribution in [0, 0.1) is 5.92 Å². The van der Waals surface area contributed by atoms with Gasteiger partial charge in [-0.25, -0.2) is 8.42 Å². The molecule has 0 radical (unpaired) electrons. The molecule has 0 aromatic carbocycles. The Kier molecular flexibility index (Phi) is 5.85. The van der Waals surface area contributed by atoms with Gasteiger partial charge in [-0.15, -0.1) is 0 Å². The van der Waals surface area contributed by atoms with Crippen LogP contribution >= 0.6 is 0 Å². The second-order valence-corrected chi connectivity index (χ2v) is 7.12. The second-order valence-electron chi connectivity index (χ2n) is 4.90. The molecule has 1 aliphatic heterocycles. The summed E-state index contributed by atoms with van der Waals surface area (Å²) in [4.78, 5) is 0. The highest BCUT2D eigenvalue weighted by Crippen LogP contribution is 2.16. The van der Waals surface area contributed by atoms with Gasteiger partial charge in [0, 0.05) is 26.7 Å². The normalized spacial score (nSPS) is 21.6. The van der Waals surface area contributed by atoms with E-state index in [1.807, 2.05) is 13.8 Å². The zero-order valence-corrected chi connectivity index (χ0v) is 11.8. The molecule has 0 aromatic heterocycles. The minimum absolute atomic E-state index is 0.266. The maximum Gasteiger partial charge on any atom is 0.218 e. The third kappa shape index (κ3) is 4.21. The summed E-state index contributed by atoms with van der Waals surface area (Å²) in [7, 11) is -1.58. The molecule has 1 atom stereocenters. The number of nitrogens with zero attached hydrogens (tertiary/aromatic N) is 1. The van der Waals surface area contributed by atoms with Gasteiger partial charge in [-0.3, -0.25) is 0 Å². The Morgan fingerprint density at radius 1 is 1.47 bits per heavy atom. The number of ether oxygens (including phenoxy) is 1. The zero-order chi connectivity index (χ0) is 12.9. The molecule has 1 unspecified atom stereocenters. The van der Waals surface area contributed by atoms with Gasteiger partial charge >= 0.3 is 0 Å². The summed E-state index contributed by atoms with van der Waals surface area (Å²) in [5.74, 6) is 0.330. The van der Waals surface area contributed by atoms with E-state index in [9.17, 15) is 8.42 Å². The maximum absolute atomic E-state index is 12.4. The summed E-state index contributed by atoms with van der Waals surface area (Å²) < 4.78 is 31.4. The largest absolute Gasteiger partial charge is 0.383 e. The predicted molar refractivity (Wildman–Crippen MR) is 68.5 cm³/mol. The van der Waals surface area contributed by atoms with E-state index in [1.54, 1.807) is 11.4 Å². The fraction of sp³-hybridized carbons (Fsp3) is 1.00. The second kappa shape index (κ2) is 6.68. The van der Waals surface area contributed by atoms with E-state index in [0.29, 0.717) is 38.6 Å². The van der Waals surface area contributed by atoms with Gasteiger partial charge in [-0.2, -0.15) is 4.31 Å². The van der Waals surface area contributed by atoms with E-state index in [2.05, 4.69) is 5.32 Å². The molecule has 102 valence electrons. The molecule has 1 saturated heterocycles. The van der Waals surface area contributed by atoms with Gasteiger partial charge in [0.1, 0.15) is 0 Å². The molecule has 1 N–H and O–H groups in total. The number of rotatable bonds is 7. The fourth-order valence-electron chi connectivity index (χ4n) is 2.02. The lowest BCUT2D eigenvalue weighted by Gasteiger charge is -2.26. The molecule has 1 heterocycles. The van der Waals surface area contributed by atoms with Gasteiger partial charge in [0.2, 0.25) is 10.0 Å². The van der Waals surface area contributed by atoms with Gasteiger partial charge in [-0.1, -0.05) is 13.8 Å². The van der Waals surface area contributed by atoms with Gasteiger partial charge in [0.25, 0.3) is 0 Å². The summed E-state index contributed by atoms with van der Waals surface area (Å²) >= 11 is 0. The molecule has 6 heteroatoms. The van der Waals surface area contributed by atoms with Gasteiger partial charge < -0.3 is 10.1 Å². The highest BCUT2D eigenvalue weighted by Gasteiger charge is 2.34. The first-order valence-electron chi connectivity index (χ1n) is 6.17. The Labute approximate surface area is 105 Å². The smallest absolute Gasteiger partial charge is 0.218 e. The molecule has 5 nitrogen and oxygen atoms in total. The minimum Gasteiger partial charge on any atom is -0.383 e. The van der Waals surface area contributed by atoms with Crippen molar-refractivity contribution < 1.29 is 13.2 Å². The lowest BCUT2D eigenvalue weighted by Crippen LogP contribution is -2.43. The van der Waals surface area contributed by atoms with Crippen LogP contribution in [0.2, 0.25) is 0 Å². The SMILES string of the molecule is COCCN(CC(C)C)S(=O)(=O)C1CCNC1. The van der Waals surface area contributed by atoms with Crippen molar-refractivity contribution >= 4 is 10.0 Å². The monoisotopic (exact) mass is 264 g/mol. The third-order valence-corrected chi connectivity index (χ3v) is 5.21. The van der Waals surface area contributed by atoms with Crippen molar-refractivity contribution in [2.75, 3.05) is 39.9 Å². The van der Waals surface area contributed by atoms with E-state index in [-0.39, 0.29) is 5.25 Å². The molecular formula is C11H24N2O3S. The molecule has 17 heavy (non-hydrogen) atoms. The van der Waals surface area contributed by atoms with Crippen molar-refractivity contribution in [2.45, 2.75) is 25.5 Å². The van der Waals surface area contributed by atoms with Crippen LogP contribution in [0.15, 0.2) is 0 Å². The topological polar surface area (TPSA) is 58.6 Å². The van der Waals surface area contributed by atoms with Crippen molar-refractivity contribution in [3.8, 4) is 0 Å². The van der Waals surface area contributed by atoms with Crippen LogP contribution < -0.4 is 5.32 Å². The summed E-state index contributed by atoms with van der Waals surface area (Å²) in [6.45, 7) is 6.90. The first-order chi connectivity index (χ1) is 7.98. The summed E-state index contributed by atoms with van der Waals surface area (Å²) in [5, 5.41) is 2.84. The highest BCUT2D eigenvalue weighted by molar-refractivity contribution is 7.89. The first-order valence-corrected chi connectivity index (χ1v) is 7.67. The van der Waals surface area contributed by atoms with E-state index in [0.717, 1.165) is 6.54 Å². The Morgan fingerprint density at radius 3 is 2.65 bits per heavy atom. The summed E-state index contributed by atoms with van der Waals surface area (Å²) in [6.07, 6.45) is 0.712. The van der Waals surface area contributed by atoms with Crippen LogP contribution in [0.4, 0.5) is 0 Å². The van der Waals surface area contributed by atoms with Crippen molar-refractivity contribution in [1.29, 1.82) is 0 Å². The number of methoxy groups -OCH3 is 1. The molecule has 0 spiro atoms. The molecule has 1 fully saturated rings. The number of nitrogens with one attached hydrogen (secondary N) is 1. The van der Waals surface area contributed by atoms with E-state index >= 15 is 0 Å². The molecule has 1 rings (SSSR count). The molecule has 0 aromatic rings. The minimum atomic E-state index is -3.18. The Hall–Kier alpha value is -0.170. The highest BCUT2D eigenvalue weighted by atomic mass is 32.2. The molecule has 0 bridgehead atoms. The van der Waals surface area contributed by atoms with Gasteiger partial charge in [0.15, 0.2) is 0 Å². The van der Waals surface area contributed by atoms with Crippen molar-refractivity contribution in [1.82, 2.24) is 9.62 Å². The number of sulfonamides is 1. The number of hydrogen-bond acceptors (Lipinski definition) is 4. The molecule has 0 amide bonds.